The number of ether oxygens (including phenoxy) is 7. The van der Waals surface area contributed by atoms with E-state index < -0.39 is 94.5 Å². The standard InChI is InChI=1S/C26H32ClN3O4.C16H20N2O4.C15H22N2O3.C4H5NO2.C4H9N/c27-20-4-6-21(7-5-20)30-12-9-19(16-30)26(32)28-22(17-29-10-1-2-11-29)25(31)18-3-8-23-24(15-18)34-14-13-33-23;19-16-17-12(10-18-5-1-2-6-18)15(22-16)11-3-4-13-14(9-11)21-8-7-20-13;16-12(10-17-5-1-2-6-17)15(18)11-3-4-13-14(9-11)20-8-7-19-13;6-3-1-2-4(7)5-3;1-2-4-5-3-1/h3-8,15,19,22,25,31H,1-2,9-14,16-17H2,(H,28,32);3-4,9,12,15H,1-2,5-8,10H2,(H,17,19);3-4,9,12,15,18H,1-2,5-8,10,16H2;1-2H2,(H,5,6,7);5H,1-4H2/t19?,22-,25-;12-,15?;12-,15-;;/m111../s1/i10D2,11D2;2*5D2,6D2;;3D2,4D2. The Morgan fingerprint density at radius 1 is 0.636 bits per heavy atom. The summed E-state index contributed by atoms with van der Waals surface area (Å²) in [7, 11) is 0. The quantitative estimate of drug-likeness (QED) is 0.0751. The molecule has 0 spiro atoms. The molecule has 8 N–H and O–H groups in total. The summed E-state index contributed by atoms with van der Waals surface area (Å²) in [5.41, 5.74) is 8.71. The van der Waals surface area contributed by atoms with Crippen molar-refractivity contribution in [1.29, 1.82) is 0 Å². The van der Waals surface area contributed by atoms with Gasteiger partial charge < -0.3 is 84.7 Å². The van der Waals surface area contributed by atoms with Crippen LogP contribution in [0.25, 0.3) is 0 Å². The maximum atomic E-state index is 13.4. The Labute approximate surface area is 543 Å². The highest BCUT2D eigenvalue weighted by Gasteiger charge is 2.38. The molecule has 22 nitrogen and oxygen atoms in total. The highest BCUT2D eigenvalue weighted by molar-refractivity contribution is 6.30. The van der Waals surface area contributed by atoms with Crippen molar-refractivity contribution < 1.29 is 84.5 Å². The molecular formula is C65H88ClN9O13. The molecule has 10 aliphatic heterocycles. The zero-order chi connectivity index (χ0) is 75.5. The third-order valence-corrected chi connectivity index (χ3v) is 15.5. The van der Waals surface area contributed by atoms with Gasteiger partial charge in [-0.25, -0.2) is 4.79 Å². The number of alkyl carbamates (subject to hydrolysis) is 1. The smallest absolute Gasteiger partial charge is 0.408 e. The zero-order valence-corrected chi connectivity index (χ0v) is 49.5. The van der Waals surface area contributed by atoms with Gasteiger partial charge in [0.2, 0.25) is 17.7 Å². The van der Waals surface area contributed by atoms with Crippen molar-refractivity contribution in [3.63, 3.8) is 0 Å². The number of likely N-dealkylation sites (tertiary alicyclic amines) is 3. The first-order valence-electron chi connectivity index (χ1n) is 37.7. The van der Waals surface area contributed by atoms with E-state index in [-0.39, 0.29) is 94.6 Å². The summed E-state index contributed by atoms with van der Waals surface area (Å²) in [5.74, 6) is 2.50. The Morgan fingerprint density at radius 3 is 1.66 bits per heavy atom. The number of hydrogen-bond donors (Lipinski definition) is 7. The minimum Gasteiger partial charge on any atom is -0.486 e. The largest absolute Gasteiger partial charge is 0.486 e. The third-order valence-electron chi connectivity index (χ3n) is 15.2. The van der Waals surface area contributed by atoms with Crippen molar-refractivity contribution in [1.82, 2.24) is 36.0 Å². The summed E-state index contributed by atoms with van der Waals surface area (Å²) < 4.78 is 164. The molecule has 4 aromatic rings. The summed E-state index contributed by atoms with van der Waals surface area (Å²) in [5, 5.41) is 32.6. The van der Waals surface area contributed by atoms with Gasteiger partial charge in [0.1, 0.15) is 45.7 Å². The van der Waals surface area contributed by atoms with Gasteiger partial charge >= 0.3 is 6.09 Å². The van der Waals surface area contributed by atoms with Gasteiger partial charge in [0.05, 0.1) is 24.1 Å². The van der Waals surface area contributed by atoms with Crippen LogP contribution >= 0.6 is 11.6 Å². The first kappa shape index (κ1) is 46.5. The SMILES string of the molecule is O=C1CCC(=O)N1.[2H]C1([2H])CCC([2H])([2H])N1.[2H]C1([2H])CCC([2H])([2H])N1C[C@@H](N)[C@H](O)c1ccc2c(c1)OCCO2.[2H]C1([2H])CCC([2H])([2H])N1C[C@@H](NC(=O)C1CCN(c2ccc(Cl)cc2)C1)[C@H](O)c1ccc2c(c1)OCCO2.[2H]C1([2H])CCC([2H])([2H])N1C[C@H]1NC(=O)OC1c1ccc2c(c1)OCCO2. The van der Waals surface area contributed by atoms with Crippen LogP contribution in [0.3, 0.4) is 0 Å². The lowest BCUT2D eigenvalue weighted by Gasteiger charge is -2.30. The van der Waals surface area contributed by atoms with Gasteiger partial charge in [-0.3, -0.25) is 19.7 Å². The summed E-state index contributed by atoms with van der Waals surface area (Å²) in [4.78, 5) is 51.0. The molecule has 2 unspecified atom stereocenters. The predicted octanol–water partition coefficient (Wildman–Crippen LogP) is 5.66. The van der Waals surface area contributed by atoms with Crippen LogP contribution in [0.5, 0.6) is 34.5 Å². The average molecular weight is 1260 g/mol. The number of rotatable bonds is 14. The minimum atomic E-state index is -1.91. The molecule has 88 heavy (non-hydrogen) atoms. The molecular weight excluding hydrogens is 1150 g/mol. The van der Waals surface area contributed by atoms with Gasteiger partial charge in [-0.1, -0.05) is 29.8 Å². The highest BCUT2D eigenvalue weighted by Crippen LogP contribution is 2.38. The fourth-order valence-electron chi connectivity index (χ4n) is 10.7. The number of imide groups is 1. The highest BCUT2D eigenvalue weighted by atomic mass is 35.5. The Bertz CT molecular complexity index is 3640. The van der Waals surface area contributed by atoms with Crippen LogP contribution < -0.4 is 60.3 Å². The molecule has 4 amide bonds. The normalized spacial score (nSPS) is 30.5. The number of cyclic esters (lactones) is 1. The van der Waals surface area contributed by atoms with Crippen LogP contribution in [0.4, 0.5) is 10.5 Å². The topological polar surface area (TPSA) is 260 Å². The van der Waals surface area contributed by atoms with E-state index in [1.165, 1.54) is 4.90 Å². The summed E-state index contributed by atoms with van der Waals surface area (Å²) in [6.07, 6.45) is -1.18. The van der Waals surface area contributed by atoms with Crippen LogP contribution in [-0.4, -0.2) is 191 Å². The monoisotopic (exact) mass is 1250 g/mol. The molecule has 10 aliphatic rings. The van der Waals surface area contributed by atoms with Gasteiger partial charge in [-0.15, -0.1) is 0 Å². The number of amides is 4. The number of fused-ring (bicyclic) bond motifs is 3. The number of carbonyl (C=O) groups excluding carboxylic acids is 4. The zero-order valence-electron chi connectivity index (χ0n) is 64.7. The minimum absolute atomic E-state index is 0.00481. The number of carbonyl (C=O) groups is 4. The fourth-order valence-corrected chi connectivity index (χ4v) is 10.8. The number of aliphatic hydroxyl groups is 2. The molecule has 0 radical (unpaired) electrons. The number of nitrogens with zero attached hydrogens (tertiary/aromatic N) is 4. The van der Waals surface area contributed by atoms with Crippen molar-refractivity contribution in [2.24, 2.45) is 11.7 Å². The molecule has 4 aromatic carbocycles. The van der Waals surface area contributed by atoms with Gasteiger partial charge in [0.25, 0.3) is 0 Å². The molecule has 7 fully saturated rings. The Morgan fingerprint density at radius 2 is 1.14 bits per heavy atom. The van der Waals surface area contributed by atoms with E-state index in [1.807, 2.05) is 24.3 Å². The van der Waals surface area contributed by atoms with Gasteiger partial charge in [0.15, 0.2) is 40.6 Å². The molecule has 0 aromatic heterocycles. The van der Waals surface area contributed by atoms with Crippen molar-refractivity contribution in [3.8, 4) is 34.5 Å². The number of halogens is 1. The fraction of sp³-hybridized carbons (Fsp3) is 0.569. The molecule has 0 saturated carbocycles. The Kier molecular flexibility index (Phi) is 17.0. The van der Waals surface area contributed by atoms with Crippen LogP contribution in [0.1, 0.15) is 128 Å². The van der Waals surface area contributed by atoms with Crippen molar-refractivity contribution in [3.05, 3.63) is 101 Å². The van der Waals surface area contributed by atoms with Gasteiger partial charge in [0, 0.05) is 84.2 Å². The van der Waals surface area contributed by atoms with E-state index in [1.54, 1.807) is 54.6 Å². The Balaban J connectivity index is 0.000000154. The first-order valence-corrected chi connectivity index (χ1v) is 30.1. The molecule has 23 heteroatoms. The van der Waals surface area contributed by atoms with E-state index in [0.29, 0.717) is 128 Å². The van der Waals surface area contributed by atoms with Crippen LogP contribution in [-0.2, 0) is 19.1 Å². The van der Waals surface area contributed by atoms with E-state index in [2.05, 4.69) is 26.2 Å². The number of anilines is 1. The summed E-state index contributed by atoms with van der Waals surface area (Å²) >= 11 is 6.01. The van der Waals surface area contributed by atoms with E-state index >= 15 is 0 Å². The second-order valence-corrected chi connectivity index (χ2v) is 22.0. The van der Waals surface area contributed by atoms with Gasteiger partial charge in [-0.05, 0) is 187 Å². The maximum absolute atomic E-state index is 13.4. The lowest BCUT2D eigenvalue weighted by molar-refractivity contribution is -0.126. The van der Waals surface area contributed by atoms with E-state index in [9.17, 15) is 29.4 Å². The Hall–Kier alpha value is -6.63. The summed E-state index contributed by atoms with van der Waals surface area (Å²) in [6, 6.07) is 20.4. The van der Waals surface area contributed by atoms with Crippen LogP contribution in [0.15, 0.2) is 78.9 Å². The number of nitrogens with two attached hydrogens (primary N) is 1. The number of nitrogens with one attached hydrogen (secondary N) is 4. The second-order valence-electron chi connectivity index (χ2n) is 21.6. The molecule has 14 rings (SSSR count). The maximum Gasteiger partial charge on any atom is 0.408 e. The van der Waals surface area contributed by atoms with Crippen LogP contribution in [0.2, 0.25) is 5.02 Å². The first-order chi connectivity index (χ1) is 48.7. The molecule has 478 valence electrons. The van der Waals surface area contributed by atoms with Crippen molar-refractivity contribution in [2.75, 3.05) is 129 Å². The third kappa shape index (κ3) is 18.3. The van der Waals surface area contributed by atoms with Crippen LogP contribution in [0, 0.1) is 5.92 Å². The van der Waals surface area contributed by atoms with E-state index in [4.69, 9.17) is 72.4 Å². The van der Waals surface area contributed by atoms with Crippen molar-refractivity contribution in [2.45, 2.75) is 107 Å². The number of hydrogen-bond acceptors (Lipinski definition) is 19. The molecule has 7 saturated heterocycles. The number of aliphatic hydroxyl groups excluding tert-OH is 2. The van der Waals surface area contributed by atoms with Crippen molar-refractivity contribution >= 4 is 41.1 Å². The average Bonchev–Trinajstić information content (AvgIpc) is 1.64. The van der Waals surface area contributed by atoms with E-state index in [0.717, 1.165) is 15.5 Å². The second kappa shape index (κ2) is 32.2. The molecule has 0 bridgehead atoms. The number of benzene rings is 4. The predicted molar refractivity (Wildman–Crippen MR) is 332 cm³/mol. The molecule has 0 aliphatic carbocycles. The molecule has 7 atom stereocenters. The lowest BCUT2D eigenvalue weighted by Crippen LogP contribution is -2.48. The summed E-state index contributed by atoms with van der Waals surface area (Å²) in [6.45, 7) is -10.3. The van der Waals surface area contributed by atoms with Gasteiger partial charge in [-0.2, -0.15) is 0 Å². The molecule has 10 heterocycles. The lowest BCUT2D eigenvalue weighted by atomic mass is 9.99.